The van der Waals surface area contributed by atoms with Crippen LogP contribution in [-0.2, 0) is 16.6 Å². The van der Waals surface area contributed by atoms with E-state index in [2.05, 4.69) is 15.5 Å². The number of nitrogens with zero attached hydrogens (tertiary/aromatic N) is 2. The highest BCUT2D eigenvalue weighted by atomic mass is 32.2. The Hall–Kier alpha value is -0.920. The van der Waals surface area contributed by atoms with Gasteiger partial charge in [0.15, 0.2) is 5.03 Å². The van der Waals surface area contributed by atoms with Gasteiger partial charge in [-0.1, -0.05) is 12.8 Å². The maximum Gasteiger partial charge on any atom is 0.262 e. The number of sulfonamides is 1. The van der Waals surface area contributed by atoms with E-state index in [4.69, 9.17) is 0 Å². The number of aryl methyl sites for hydroxylation is 1. The highest BCUT2D eigenvalue weighted by Gasteiger charge is 2.34. The van der Waals surface area contributed by atoms with E-state index in [1.54, 1.807) is 11.4 Å². The van der Waals surface area contributed by atoms with Crippen LogP contribution in [0.3, 0.4) is 0 Å². The highest BCUT2D eigenvalue weighted by molar-refractivity contribution is 7.89. The smallest absolute Gasteiger partial charge is 0.262 e. The summed E-state index contributed by atoms with van der Waals surface area (Å²) < 4.78 is 27.4. The summed E-state index contributed by atoms with van der Waals surface area (Å²) in [5.74, 6) is 0. The molecule has 0 spiro atoms. The monoisotopic (exact) mass is 300 g/mol. The summed E-state index contributed by atoms with van der Waals surface area (Å²) in [5.41, 5.74) is 1.55. The molecule has 1 aromatic rings. The molecular formula is C13H24N4O2S. The maximum atomic E-state index is 12.9. The minimum absolute atomic E-state index is 0.0435. The van der Waals surface area contributed by atoms with Crippen LogP contribution in [0.4, 0.5) is 0 Å². The fourth-order valence-corrected chi connectivity index (χ4v) is 4.61. The van der Waals surface area contributed by atoms with Crippen LogP contribution in [0.2, 0.25) is 0 Å². The molecule has 0 bridgehead atoms. The molecule has 0 aliphatic carbocycles. The fraction of sp³-hybridized carbons (Fsp3) is 0.769. The molecule has 1 fully saturated rings. The number of aromatic nitrogens is 2. The van der Waals surface area contributed by atoms with E-state index < -0.39 is 10.0 Å². The van der Waals surface area contributed by atoms with Gasteiger partial charge in [-0.05, 0) is 33.7 Å². The van der Waals surface area contributed by atoms with Gasteiger partial charge in [0, 0.05) is 30.4 Å². The van der Waals surface area contributed by atoms with Crippen LogP contribution in [0.25, 0.3) is 0 Å². The number of hydrogen-bond acceptors (Lipinski definition) is 4. The molecule has 1 aromatic heterocycles. The third kappa shape index (κ3) is 2.89. The average molecular weight is 300 g/mol. The number of H-pyrrole nitrogens is 1. The van der Waals surface area contributed by atoms with Crippen molar-refractivity contribution in [1.29, 1.82) is 0 Å². The summed E-state index contributed by atoms with van der Waals surface area (Å²) in [4.78, 5) is 0. The average Bonchev–Trinajstić information content (AvgIpc) is 2.62. The molecule has 0 saturated carbocycles. The van der Waals surface area contributed by atoms with Gasteiger partial charge in [0.05, 0.1) is 0 Å². The largest absolute Gasteiger partial charge is 0.316 e. The van der Waals surface area contributed by atoms with Gasteiger partial charge < -0.3 is 5.32 Å². The molecule has 0 radical (unpaired) electrons. The van der Waals surface area contributed by atoms with Crippen molar-refractivity contribution in [1.82, 2.24) is 19.8 Å². The van der Waals surface area contributed by atoms with Crippen LogP contribution in [0.1, 0.15) is 43.9 Å². The predicted octanol–water partition coefficient (Wildman–Crippen LogP) is 1.39. The van der Waals surface area contributed by atoms with Crippen molar-refractivity contribution in [2.45, 2.75) is 57.1 Å². The minimum atomic E-state index is -3.52. The number of rotatable bonds is 4. The Kier molecular flexibility index (Phi) is 4.82. The molecule has 1 aliphatic heterocycles. The summed E-state index contributed by atoms with van der Waals surface area (Å²) in [6, 6.07) is 0.0435. The van der Waals surface area contributed by atoms with Crippen molar-refractivity contribution in [3.8, 4) is 0 Å². The second-order valence-corrected chi connectivity index (χ2v) is 7.28. The lowest BCUT2D eigenvalue weighted by Crippen LogP contribution is -2.38. The SMILES string of the molecule is CNCc1c(S(=O)(=O)N2CCCCCC2C)n[nH]c1C. The van der Waals surface area contributed by atoms with Gasteiger partial charge >= 0.3 is 0 Å². The lowest BCUT2D eigenvalue weighted by molar-refractivity contribution is 0.340. The third-order valence-electron chi connectivity index (χ3n) is 3.93. The van der Waals surface area contributed by atoms with Crippen molar-refractivity contribution in [3.05, 3.63) is 11.3 Å². The van der Waals surface area contributed by atoms with Gasteiger partial charge in [-0.15, -0.1) is 0 Å². The topological polar surface area (TPSA) is 78.1 Å². The fourth-order valence-electron chi connectivity index (χ4n) is 2.75. The molecule has 0 aromatic carbocycles. The van der Waals surface area contributed by atoms with E-state index in [0.717, 1.165) is 36.9 Å². The lowest BCUT2D eigenvalue weighted by atomic mass is 10.1. The quantitative estimate of drug-likeness (QED) is 0.881. The summed E-state index contributed by atoms with van der Waals surface area (Å²) >= 11 is 0. The zero-order valence-corrected chi connectivity index (χ0v) is 13.3. The molecule has 1 saturated heterocycles. The number of aromatic amines is 1. The van der Waals surface area contributed by atoms with Crippen LogP contribution >= 0.6 is 0 Å². The summed E-state index contributed by atoms with van der Waals surface area (Å²) in [6.45, 7) is 4.93. The Balaban J connectivity index is 2.38. The van der Waals surface area contributed by atoms with Gasteiger partial charge in [0.25, 0.3) is 10.0 Å². The van der Waals surface area contributed by atoms with Crippen molar-refractivity contribution >= 4 is 10.0 Å². The molecule has 1 aliphatic rings. The van der Waals surface area contributed by atoms with Gasteiger partial charge in [0.2, 0.25) is 0 Å². The van der Waals surface area contributed by atoms with E-state index in [0.29, 0.717) is 13.1 Å². The first-order valence-electron chi connectivity index (χ1n) is 7.18. The van der Waals surface area contributed by atoms with Gasteiger partial charge in [0.1, 0.15) is 0 Å². The van der Waals surface area contributed by atoms with Crippen molar-refractivity contribution in [2.75, 3.05) is 13.6 Å². The number of hydrogen-bond donors (Lipinski definition) is 2. The maximum absolute atomic E-state index is 12.9. The van der Waals surface area contributed by atoms with E-state index >= 15 is 0 Å². The second-order valence-electron chi connectivity index (χ2n) is 5.48. The number of nitrogens with one attached hydrogen (secondary N) is 2. The molecule has 2 heterocycles. The molecule has 2 rings (SSSR count). The van der Waals surface area contributed by atoms with E-state index in [1.807, 2.05) is 13.8 Å². The van der Waals surface area contributed by atoms with Crippen LogP contribution in [0, 0.1) is 6.92 Å². The molecule has 7 heteroatoms. The van der Waals surface area contributed by atoms with E-state index in [9.17, 15) is 8.42 Å². The van der Waals surface area contributed by atoms with Crippen LogP contribution < -0.4 is 5.32 Å². The van der Waals surface area contributed by atoms with Crippen molar-refractivity contribution in [3.63, 3.8) is 0 Å². The molecule has 20 heavy (non-hydrogen) atoms. The Morgan fingerprint density at radius 2 is 2.15 bits per heavy atom. The minimum Gasteiger partial charge on any atom is -0.316 e. The molecule has 1 atom stereocenters. The molecule has 114 valence electrons. The summed E-state index contributed by atoms with van der Waals surface area (Å²) in [5, 5.41) is 10.0. The second kappa shape index (κ2) is 6.24. The zero-order chi connectivity index (χ0) is 14.8. The van der Waals surface area contributed by atoms with Crippen molar-refractivity contribution in [2.24, 2.45) is 0 Å². The molecule has 1 unspecified atom stereocenters. The van der Waals surface area contributed by atoms with Crippen molar-refractivity contribution < 1.29 is 8.42 Å². The van der Waals surface area contributed by atoms with Crippen LogP contribution in [0.15, 0.2) is 5.03 Å². The standard InChI is InChI=1S/C13H24N4O2S/c1-10-7-5-4-6-8-17(10)20(18,19)13-12(9-14-3)11(2)15-16-13/h10,14H,4-9H2,1-3H3,(H,15,16). The van der Waals surface area contributed by atoms with E-state index in [-0.39, 0.29) is 11.1 Å². The molecule has 6 nitrogen and oxygen atoms in total. The molecule has 2 N–H and O–H groups in total. The Morgan fingerprint density at radius 1 is 1.40 bits per heavy atom. The van der Waals surface area contributed by atoms with Gasteiger partial charge in [-0.3, -0.25) is 5.10 Å². The summed E-state index contributed by atoms with van der Waals surface area (Å²) in [6.07, 6.45) is 4.04. The predicted molar refractivity (Wildman–Crippen MR) is 77.9 cm³/mol. The summed E-state index contributed by atoms with van der Waals surface area (Å²) in [7, 11) is -1.71. The normalized spacial score (nSPS) is 21.9. The first-order chi connectivity index (χ1) is 9.48. The van der Waals surface area contributed by atoms with Crippen LogP contribution in [0.5, 0.6) is 0 Å². The van der Waals surface area contributed by atoms with E-state index in [1.165, 1.54) is 0 Å². The molecular weight excluding hydrogens is 276 g/mol. The highest BCUT2D eigenvalue weighted by Crippen LogP contribution is 2.26. The van der Waals surface area contributed by atoms with Crippen LogP contribution in [-0.4, -0.2) is 42.6 Å². The Morgan fingerprint density at radius 3 is 2.85 bits per heavy atom. The molecule has 0 amide bonds. The first kappa shape index (κ1) is 15.5. The first-order valence-corrected chi connectivity index (χ1v) is 8.62. The lowest BCUT2D eigenvalue weighted by Gasteiger charge is -2.25. The van der Waals surface area contributed by atoms with Gasteiger partial charge in [-0.25, -0.2) is 8.42 Å². The van der Waals surface area contributed by atoms with Gasteiger partial charge in [-0.2, -0.15) is 9.40 Å². The zero-order valence-electron chi connectivity index (χ0n) is 12.4. The third-order valence-corrected chi connectivity index (χ3v) is 5.92. The Labute approximate surface area is 121 Å². The Bertz CT molecular complexity index is 553.